The molecule has 2 atom stereocenters. The maximum atomic E-state index is 12.4. The van der Waals surface area contributed by atoms with Crippen LogP contribution in [0, 0.1) is 5.92 Å². The number of ether oxygens (including phenoxy) is 1. The molecular weight excluding hydrogens is 252 g/mol. The fourth-order valence-electron chi connectivity index (χ4n) is 3.63. The van der Waals surface area contributed by atoms with Crippen LogP contribution in [0.15, 0.2) is 0 Å². The van der Waals surface area contributed by atoms with Gasteiger partial charge in [0.1, 0.15) is 5.60 Å². The Labute approximate surface area is 123 Å². The van der Waals surface area contributed by atoms with E-state index in [9.17, 15) is 4.79 Å². The van der Waals surface area contributed by atoms with Crippen molar-refractivity contribution < 1.29 is 9.53 Å². The molecule has 2 unspecified atom stereocenters. The fraction of sp³-hybridized carbons (Fsp3) is 0.938. The monoisotopic (exact) mass is 282 g/mol. The molecule has 2 aliphatic heterocycles. The lowest BCUT2D eigenvalue weighted by molar-refractivity contribution is -0.0890. The summed E-state index contributed by atoms with van der Waals surface area (Å²) in [7, 11) is 0. The predicted octanol–water partition coefficient (Wildman–Crippen LogP) is 3.12. The van der Waals surface area contributed by atoms with E-state index in [4.69, 9.17) is 4.74 Å². The lowest BCUT2D eigenvalue weighted by Crippen LogP contribution is -2.74. The normalized spacial score (nSPS) is 30.9. The van der Waals surface area contributed by atoms with Gasteiger partial charge in [-0.15, -0.1) is 0 Å². The Kier molecular flexibility index (Phi) is 4.07. The van der Waals surface area contributed by atoms with E-state index >= 15 is 0 Å². The molecule has 0 bridgehead atoms. The lowest BCUT2D eigenvalue weighted by Gasteiger charge is -2.58. The first-order chi connectivity index (χ1) is 9.16. The summed E-state index contributed by atoms with van der Waals surface area (Å²) in [4.78, 5) is 16.9. The zero-order valence-corrected chi connectivity index (χ0v) is 13.9. The van der Waals surface area contributed by atoms with Gasteiger partial charge in [-0.2, -0.15) is 0 Å². The fourth-order valence-corrected chi connectivity index (χ4v) is 3.63. The average Bonchev–Trinajstić information content (AvgIpc) is 2.72. The molecule has 1 spiro atoms. The topological polar surface area (TPSA) is 32.8 Å². The molecule has 0 aliphatic carbocycles. The molecule has 0 N–H and O–H groups in total. The summed E-state index contributed by atoms with van der Waals surface area (Å²) < 4.78 is 5.59. The van der Waals surface area contributed by atoms with Crippen LogP contribution in [0.4, 0.5) is 4.79 Å². The van der Waals surface area contributed by atoms with Crippen LogP contribution >= 0.6 is 0 Å². The highest BCUT2D eigenvalue weighted by molar-refractivity contribution is 5.70. The molecule has 2 rings (SSSR count). The van der Waals surface area contributed by atoms with E-state index in [1.54, 1.807) is 0 Å². The van der Waals surface area contributed by atoms with Crippen molar-refractivity contribution in [3.05, 3.63) is 0 Å². The van der Waals surface area contributed by atoms with E-state index in [0.717, 1.165) is 32.5 Å². The molecule has 0 aromatic heterocycles. The van der Waals surface area contributed by atoms with Crippen molar-refractivity contribution >= 4 is 6.09 Å². The Morgan fingerprint density at radius 1 is 1.40 bits per heavy atom. The minimum Gasteiger partial charge on any atom is -0.444 e. The van der Waals surface area contributed by atoms with Gasteiger partial charge in [-0.1, -0.05) is 13.8 Å². The van der Waals surface area contributed by atoms with Crippen molar-refractivity contribution in [1.82, 2.24) is 9.80 Å². The van der Waals surface area contributed by atoms with Gasteiger partial charge in [0.25, 0.3) is 0 Å². The summed E-state index contributed by atoms with van der Waals surface area (Å²) in [5.74, 6) is 0.672. The van der Waals surface area contributed by atoms with Crippen LogP contribution in [-0.2, 0) is 4.74 Å². The first-order valence-corrected chi connectivity index (χ1v) is 7.90. The number of hydrogen-bond acceptors (Lipinski definition) is 3. The third-order valence-corrected chi connectivity index (χ3v) is 4.54. The summed E-state index contributed by atoms with van der Waals surface area (Å²) in [6, 6.07) is 0.444. The summed E-state index contributed by atoms with van der Waals surface area (Å²) in [6.07, 6.45) is 2.08. The van der Waals surface area contributed by atoms with Crippen LogP contribution < -0.4 is 0 Å². The van der Waals surface area contributed by atoms with E-state index in [1.807, 2.05) is 25.7 Å². The Bertz CT molecular complexity index is 375. The first kappa shape index (κ1) is 15.6. The molecule has 2 fully saturated rings. The Hall–Kier alpha value is -0.770. The van der Waals surface area contributed by atoms with Crippen LogP contribution in [0.25, 0.3) is 0 Å². The number of nitrogens with zero attached hydrogens (tertiary/aromatic N) is 2. The SMILES string of the molecule is CC(C)CN1CC2(CCCN2C(=O)OC(C)(C)C)C1C. The molecule has 4 nitrogen and oxygen atoms in total. The van der Waals surface area contributed by atoms with Gasteiger partial charge in [0, 0.05) is 25.7 Å². The smallest absolute Gasteiger partial charge is 0.410 e. The van der Waals surface area contributed by atoms with Gasteiger partial charge >= 0.3 is 6.09 Å². The third kappa shape index (κ3) is 2.80. The second kappa shape index (κ2) is 5.21. The molecule has 2 heterocycles. The standard InChI is InChI=1S/C16H30N2O2/c1-12(2)10-17-11-16(13(17)3)8-7-9-18(16)14(19)20-15(4,5)6/h12-13H,7-11H2,1-6H3. The highest BCUT2D eigenvalue weighted by atomic mass is 16.6. The quantitative estimate of drug-likeness (QED) is 0.780. The molecule has 0 aromatic rings. The number of carbonyl (C=O) groups excluding carboxylic acids is 1. The molecule has 1 amide bonds. The van der Waals surface area contributed by atoms with Crippen molar-refractivity contribution in [2.75, 3.05) is 19.6 Å². The maximum Gasteiger partial charge on any atom is 0.410 e. The molecular formula is C16H30N2O2. The van der Waals surface area contributed by atoms with E-state index in [-0.39, 0.29) is 11.6 Å². The van der Waals surface area contributed by atoms with Crippen LogP contribution in [0.2, 0.25) is 0 Å². The Morgan fingerprint density at radius 3 is 2.55 bits per heavy atom. The third-order valence-electron chi connectivity index (χ3n) is 4.54. The van der Waals surface area contributed by atoms with Gasteiger partial charge in [-0.3, -0.25) is 9.80 Å². The van der Waals surface area contributed by atoms with Gasteiger partial charge in [0.05, 0.1) is 5.54 Å². The van der Waals surface area contributed by atoms with Gasteiger partial charge in [0.15, 0.2) is 0 Å². The number of amides is 1. The molecule has 2 aliphatic rings. The second-order valence-corrected chi connectivity index (χ2v) is 7.84. The number of likely N-dealkylation sites (tertiary alicyclic amines) is 2. The van der Waals surface area contributed by atoms with Gasteiger partial charge in [-0.25, -0.2) is 4.79 Å². The van der Waals surface area contributed by atoms with Gasteiger partial charge in [-0.05, 0) is 46.5 Å². The zero-order chi connectivity index (χ0) is 15.1. The molecule has 0 saturated carbocycles. The van der Waals surface area contributed by atoms with Crippen LogP contribution in [0.3, 0.4) is 0 Å². The number of rotatable bonds is 2. The van der Waals surface area contributed by atoms with Crippen molar-refractivity contribution in [2.24, 2.45) is 5.92 Å². The predicted molar refractivity (Wildman–Crippen MR) is 80.8 cm³/mol. The molecule has 20 heavy (non-hydrogen) atoms. The first-order valence-electron chi connectivity index (χ1n) is 7.90. The van der Waals surface area contributed by atoms with Crippen LogP contribution in [0.1, 0.15) is 54.4 Å². The molecule has 116 valence electrons. The summed E-state index contributed by atoms with van der Waals surface area (Å²) in [6.45, 7) is 15.5. The van der Waals surface area contributed by atoms with Gasteiger partial charge < -0.3 is 4.74 Å². The van der Waals surface area contributed by atoms with E-state index < -0.39 is 5.60 Å². The zero-order valence-electron chi connectivity index (χ0n) is 13.9. The molecule has 2 saturated heterocycles. The number of carbonyl (C=O) groups is 1. The van der Waals surface area contributed by atoms with Crippen molar-refractivity contribution in [1.29, 1.82) is 0 Å². The minimum absolute atomic E-state index is 0.0250. The second-order valence-electron chi connectivity index (χ2n) is 7.84. The number of hydrogen-bond donors (Lipinski definition) is 0. The van der Waals surface area contributed by atoms with Gasteiger partial charge in [0.2, 0.25) is 0 Å². The Balaban J connectivity index is 2.03. The largest absolute Gasteiger partial charge is 0.444 e. The average molecular weight is 282 g/mol. The summed E-state index contributed by atoms with van der Waals surface area (Å²) >= 11 is 0. The van der Waals surface area contributed by atoms with E-state index in [0.29, 0.717) is 12.0 Å². The van der Waals surface area contributed by atoms with Crippen molar-refractivity contribution in [2.45, 2.75) is 71.6 Å². The highest BCUT2D eigenvalue weighted by Crippen LogP contribution is 2.43. The summed E-state index contributed by atoms with van der Waals surface area (Å²) in [5.41, 5.74) is -0.386. The van der Waals surface area contributed by atoms with Crippen molar-refractivity contribution in [3.63, 3.8) is 0 Å². The minimum atomic E-state index is -0.411. The van der Waals surface area contributed by atoms with E-state index in [1.165, 1.54) is 0 Å². The highest BCUT2D eigenvalue weighted by Gasteiger charge is 2.57. The van der Waals surface area contributed by atoms with Crippen molar-refractivity contribution in [3.8, 4) is 0 Å². The van der Waals surface area contributed by atoms with Crippen LogP contribution in [0.5, 0.6) is 0 Å². The molecule has 0 radical (unpaired) electrons. The molecule has 0 aromatic carbocycles. The van der Waals surface area contributed by atoms with Crippen LogP contribution in [-0.4, -0.2) is 52.7 Å². The molecule has 4 heteroatoms. The lowest BCUT2D eigenvalue weighted by atomic mass is 9.78. The maximum absolute atomic E-state index is 12.4. The Morgan fingerprint density at radius 2 is 2.05 bits per heavy atom. The van der Waals surface area contributed by atoms with E-state index in [2.05, 4.69) is 25.7 Å². The summed E-state index contributed by atoms with van der Waals surface area (Å²) in [5, 5.41) is 0.